The minimum Gasteiger partial charge on any atom is -0.241 e. The van der Waals surface area contributed by atoms with E-state index in [9.17, 15) is 0 Å². The van der Waals surface area contributed by atoms with Crippen LogP contribution in [-0.4, -0.2) is 10.9 Å². The monoisotopic (exact) mass is 251 g/mol. The van der Waals surface area contributed by atoms with E-state index in [2.05, 4.69) is 36.2 Å². The Balaban J connectivity index is 2.15. The predicted octanol–water partition coefficient (Wildman–Crippen LogP) is 4.41. The van der Waals surface area contributed by atoms with Crippen molar-refractivity contribution in [2.45, 2.75) is 19.8 Å². The maximum Gasteiger partial charge on any atom is 0.0978 e. The highest BCUT2D eigenvalue weighted by Gasteiger charge is 2.03. The lowest BCUT2D eigenvalue weighted by Gasteiger charge is -1.96. The molecule has 0 bridgehead atoms. The first-order chi connectivity index (χ1) is 7.79. The second-order valence-corrected chi connectivity index (χ2v) is 5.27. The second-order valence-electron chi connectivity index (χ2n) is 3.78. The van der Waals surface area contributed by atoms with Gasteiger partial charge >= 0.3 is 0 Å². The molecule has 0 aliphatic heterocycles. The van der Waals surface area contributed by atoms with Gasteiger partial charge in [0.2, 0.25) is 0 Å². The molecule has 1 aromatic carbocycles. The number of halogens is 1. The zero-order valence-electron chi connectivity index (χ0n) is 9.24. The molecule has 0 aliphatic rings. The molecule has 0 aliphatic carbocycles. The fraction of sp³-hybridized carbons (Fsp3) is 0.308. The van der Waals surface area contributed by atoms with Crippen LogP contribution in [0.15, 0.2) is 35.9 Å². The van der Waals surface area contributed by atoms with Gasteiger partial charge in [0.25, 0.3) is 0 Å². The van der Waals surface area contributed by atoms with Gasteiger partial charge in [-0.3, -0.25) is 0 Å². The molecular formula is C13H14ClNS. The summed E-state index contributed by atoms with van der Waals surface area (Å²) in [5.74, 6) is 0.692. The summed E-state index contributed by atoms with van der Waals surface area (Å²) >= 11 is 7.43. The van der Waals surface area contributed by atoms with Crippen molar-refractivity contribution in [1.29, 1.82) is 0 Å². The van der Waals surface area contributed by atoms with E-state index in [0.717, 1.165) is 18.4 Å². The van der Waals surface area contributed by atoms with Gasteiger partial charge in [-0.1, -0.05) is 23.8 Å². The fourth-order valence-corrected chi connectivity index (χ4v) is 2.78. The summed E-state index contributed by atoms with van der Waals surface area (Å²) in [4.78, 5) is 4.61. The fourth-order valence-electron chi connectivity index (χ4n) is 1.61. The summed E-state index contributed by atoms with van der Waals surface area (Å²) in [7, 11) is 0. The highest BCUT2D eigenvalue weighted by molar-refractivity contribution is 7.18. The SMILES string of the molecule is CC(=CCCCl)Cc1nc2ccccc2s1. The van der Waals surface area contributed by atoms with Crippen molar-refractivity contribution in [2.24, 2.45) is 0 Å². The highest BCUT2D eigenvalue weighted by atomic mass is 35.5. The smallest absolute Gasteiger partial charge is 0.0978 e. The number of hydrogen-bond donors (Lipinski definition) is 0. The van der Waals surface area contributed by atoms with Crippen LogP contribution in [0, 0.1) is 0 Å². The summed E-state index contributed by atoms with van der Waals surface area (Å²) in [5, 5.41) is 1.18. The Morgan fingerprint density at radius 2 is 2.25 bits per heavy atom. The summed E-state index contributed by atoms with van der Waals surface area (Å²) in [5.41, 5.74) is 2.45. The van der Waals surface area contributed by atoms with Crippen molar-refractivity contribution in [2.75, 3.05) is 5.88 Å². The van der Waals surface area contributed by atoms with Crippen molar-refractivity contribution >= 4 is 33.2 Å². The maximum atomic E-state index is 5.66. The summed E-state index contributed by atoms with van der Waals surface area (Å²) in [6.45, 7) is 2.14. The lowest BCUT2D eigenvalue weighted by Crippen LogP contribution is -1.85. The topological polar surface area (TPSA) is 12.9 Å². The first-order valence-corrected chi connectivity index (χ1v) is 6.71. The highest BCUT2D eigenvalue weighted by Crippen LogP contribution is 2.23. The van der Waals surface area contributed by atoms with Crippen molar-refractivity contribution < 1.29 is 0 Å². The first-order valence-electron chi connectivity index (χ1n) is 5.35. The number of para-hydroxylation sites is 1. The third-order valence-corrected chi connectivity index (χ3v) is 3.62. The quantitative estimate of drug-likeness (QED) is 0.579. The number of alkyl halides is 1. The van der Waals surface area contributed by atoms with Gasteiger partial charge in [0, 0.05) is 12.3 Å². The standard InChI is InChI=1S/C13H14ClNS/c1-10(5-4-8-14)9-13-15-11-6-2-3-7-12(11)16-13/h2-3,5-7H,4,8-9H2,1H3. The molecular weight excluding hydrogens is 238 g/mol. The van der Waals surface area contributed by atoms with Gasteiger partial charge in [-0.2, -0.15) is 0 Å². The number of aromatic nitrogens is 1. The number of benzene rings is 1. The van der Waals surface area contributed by atoms with Crippen LogP contribution in [-0.2, 0) is 6.42 Å². The van der Waals surface area contributed by atoms with Gasteiger partial charge in [0.1, 0.15) is 0 Å². The number of hydrogen-bond acceptors (Lipinski definition) is 2. The van der Waals surface area contributed by atoms with E-state index >= 15 is 0 Å². The predicted molar refractivity (Wildman–Crippen MR) is 72.4 cm³/mol. The molecule has 2 aromatic rings. The van der Waals surface area contributed by atoms with Gasteiger partial charge in [-0.05, 0) is 25.5 Å². The average molecular weight is 252 g/mol. The number of allylic oxidation sites excluding steroid dienone is 2. The minimum atomic E-state index is 0.692. The second kappa shape index (κ2) is 5.46. The van der Waals surface area contributed by atoms with Crippen LogP contribution in [0.3, 0.4) is 0 Å². The Hall–Kier alpha value is -0.860. The van der Waals surface area contributed by atoms with Gasteiger partial charge in [-0.15, -0.1) is 22.9 Å². The summed E-state index contributed by atoms with van der Waals surface area (Å²) in [6.07, 6.45) is 4.08. The number of thiazole rings is 1. The number of nitrogens with zero attached hydrogens (tertiary/aromatic N) is 1. The molecule has 1 heterocycles. The third kappa shape index (κ3) is 2.83. The molecule has 0 saturated carbocycles. The normalized spacial score (nSPS) is 12.2. The van der Waals surface area contributed by atoms with E-state index < -0.39 is 0 Å². The van der Waals surface area contributed by atoms with E-state index in [1.54, 1.807) is 11.3 Å². The molecule has 0 saturated heterocycles. The summed E-state index contributed by atoms with van der Waals surface area (Å²) < 4.78 is 1.27. The van der Waals surface area contributed by atoms with Crippen LogP contribution >= 0.6 is 22.9 Å². The van der Waals surface area contributed by atoms with E-state index in [4.69, 9.17) is 11.6 Å². The molecule has 84 valence electrons. The van der Waals surface area contributed by atoms with Crippen LogP contribution in [0.4, 0.5) is 0 Å². The van der Waals surface area contributed by atoms with Crippen LogP contribution in [0.2, 0.25) is 0 Å². The number of fused-ring (bicyclic) bond motifs is 1. The molecule has 2 rings (SSSR count). The largest absolute Gasteiger partial charge is 0.241 e. The van der Waals surface area contributed by atoms with E-state index in [-0.39, 0.29) is 0 Å². The van der Waals surface area contributed by atoms with Crippen LogP contribution in [0.1, 0.15) is 18.4 Å². The molecule has 0 amide bonds. The molecule has 0 atom stereocenters. The molecule has 0 unspecified atom stereocenters. The Bertz CT molecular complexity index is 468. The first kappa shape index (κ1) is 11.6. The van der Waals surface area contributed by atoms with Crippen molar-refractivity contribution in [3.05, 3.63) is 40.9 Å². The lowest BCUT2D eigenvalue weighted by atomic mass is 10.2. The minimum absolute atomic E-state index is 0.692. The molecule has 1 nitrogen and oxygen atoms in total. The van der Waals surface area contributed by atoms with E-state index in [0.29, 0.717) is 5.88 Å². The van der Waals surface area contributed by atoms with Crippen molar-refractivity contribution in [3.63, 3.8) is 0 Å². The zero-order chi connectivity index (χ0) is 11.4. The van der Waals surface area contributed by atoms with Gasteiger partial charge < -0.3 is 0 Å². The van der Waals surface area contributed by atoms with Crippen LogP contribution < -0.4 is 0 Å². The van der Waals surface area contributed by atoms with E-state index in [1.165, 1.54) is 15.3 Å². The zero-order valence-corrected chi connectivity index (χ0v) is 10.8. The lowest BCUT2D eigenvalue weighted by molar-refractivity contribution is 1.08. The Morgan fingerprint density at radius 3 is 3.00 bits per heavy atom. The average Bonchev–Trinajstić information content (AvgIpc) is 2.68. The molecule has 0 fully saturated rings. The van der Waals surface area contributed by atoms with Gasteiger partial charge in [0.15, 0.2) is 0 Å². The number of rotatable bonds is 4. The maximum absolute atomic E-state index is 5.66. The van der Waals surface area contributed by atoms with Crippen molar-refractivity contribution in [1.82, 2.24) is 4.98 Å². The van der Waals surface area contributed by atoms with Crippen LogP contribution in [0.5, 0.6) is 0 Å². The molecule has 16 heavy (non-hydrogen) atoms. The van der Waals surface area contributed by atoms with E-state index in [1.807, 2.05) is 6.07 Å². The van der Waals surface area contributed by atoms with Crippen LogP contribution in [0.25, 0.3) is 10.2 Å². The molecule has 0 radical (unpaired) electrons. The Labute approximate surface area is 105 Å². The summed E-state index contributed by atoms with van der Waals surface area (Å²) in [6, 6.07) is 8.27. The van der Waals surface area contributed by atoms with Gasteiger partial charge in [-0.25, -0.2) is 4.98 Å². The third-order valence-electron chi connectivity index (χ3n) is 2.37. The van der Waals surface area contributed by atoms with Gasteiger partial charge in [0.05, 0.1) is 15.2 Å². The molecule has 0 spiro atoms. The molecule has 3 heteroatoms. The molecule has 0 N–H and O–H groups in total. The Kier molecular flexibility index (Phi) is 3.97. The Morgan fingerprint density at radius 1 is 1.44 bits per heavy atom. The molecule has 1 aromatic heterocycles. The van der Waals surface area contributed by atoms with Crippen molar-refractivity contribution in [3.8, 4) is 0 Å².